The minimum absolute atomic E-state index is 0.162. The van der Waals surface area contributed by atoms with Crippen LogP contribution in [0.15, 0.2) is 24.0 Å². The molecule has 0 aliphatic rings. The SMILES string of the molecule is CCCCCCCCCCCCCCCCCCOCC(CS(=O)CCOCC[n+]1csc(CCO)c1C)Oc1ncccn1. The molecule has 0 fully saturated rings. The fraction of sp³-hybridized carbons (Fsp3) is 0.800. The zero-order chi connectivity index (χ0) is 32.2. The molecule has 0 amide bonds. The van der Waals surface area contributed by atoms with Crippen molar-refractivity contribution in [3.05, 3.63) is 34.5 Å². The third-order valence-electron chi connectivity index (χ3n) is 8.06. The summed E-state index contributed by atoms with van der Waals surface area (Å²) in [6, 6.07) is 2.03. The zero-order valence-electron chi connectivity index (χ0n) is 28.3. The topological polar surface area (TPSA) is 94.7 Å². The van der Waals surface area contributed by atoms with Crippen LogP contribution >= 0.6 is 11.3 Å². The van der Waals surface area contributed by atoms with Crippen LogP contribution in [0.5, 0.6) is 6.01 Å². The van der Waals surface area contributed by atoms with Gasteiger partial charge in [-0.1, -0.05) is 115 Å². The summed E-state index contributed by atoms with van der Waals surface area (Å²) in [6.07, 6.45) is 25.2. The number of thiazole rings is 1. The molecule has 258 valence electrons. The van der Waals surface area contributed by atoms with Crippen LogP contribution < -0.4 is 9.30 Å². The Morgan fingerprint density at radius 1 is 0.844 bits per heavy atom. The van der Waals surface area contributed by atoms with E-state index in [1.165, 1.54) is 107 Å². The van der Waals surface area contributed by atoms with Crippen molar-refractivity contribution in [2.45, 2.75) is 136 Å². The van der Waals surface area contributed by atoms with Gasteiger partial charge in [-0.25, -0.2) is 9.97 Å². The van der Waals surface area contributed by atoms with Crippen LogP contribution in [0, 0.1) is 6.92 Å². The Morgan fingerprint density at radius 3 is 2.04 bits per heavy atom. The molecule has 0 aromatic carbocycles. The van der Waals surface area contributed by atoms with Gasteiger partial charge < -0.3 is 19.3 Å². The van der Waals surface area contributed by atoms with E-state index < -0.39 is 10.8 Å². The van der Waals surface area contributed by atoms with Gasteiger partial charge in [0.25, 0.3) is 0 Å². The average Bonchev–Trinajstić information content (AvgIpc) is 3.39. The lowest BCUT2D eigenvalue weighted by atomic mass is 10.0. The predicted octanol–water partition coefficient (Wildman–Crippen LogP) is 7.16. The quantitative estimate of drug-likeness (QED) is 0.0673. The van der Waals surface area contributed by atoms with Gasteiger partial charge in [-0.2, -0.15) is 4.57 Å². The zero-order valence-corrected chi connectivity index (χ0v) is 29.9. The van der Waals surface area contributed by atoms with Gasteiger partial charge in [0.05, 0.1) is 23.8 Å². The molecule has 0 saturated carbocycles. The number of aromatic nitrogens is 3. The number of unbranched alkanes of at least 4 members (excludes halogenated alkanes) is 15. The second kappa shape index (κ2) is 27.6. The maximum absolute atomic E-state index is 12.8. The average molecular weight is 669 g/mol. The molecule has 10 heteroatoms. The van der Waals surface area contributed by atoms with Crippen LogP contribution in [0.3, 0.4) is 0 Å². The fourth-order valence-corrected chi connectivity index (χ4v) is 7.36. The van der Waals surface area contributed by atoms with Gasteiger partial charge in [-0.3, -0.25) is 4.21 Å². The molecule has 0 aliphatic heterocycles. The first-order chi connectivity index (χ1) is 22.1. The standard InChI is InChI=1S/C35H62N3O5S2/c1-3-4-5-6-7-8-9-10-11-12-13-14-15-16-17-18-25-42-29-33(43-35-36-21-19-22-37-35)30-45(40)28-27-41-26-23-38-31-44-34(20-24-39)32(38)2/h19,21-22,31,33,39H,3-18,20,23-30H2,1-2H3/q+1. The van der Waals surface area contributed by atoms with E-state index in [0.29, 0.717) is 44.4 Å². The lowest BCUT2D eigenvalue weighted by molar-refractivity contribution is -0.699. The molecule has 0 aliphatic carbocycles. The highest BCUT2D eigenvalue weighted by molar-refractivity contribution is 7.85. The smallest absolute Gasteiger partial charge is 0.316 e. The van der Waals surface area contributed by atoms with Gasteiger partial charge in [0, 0.05) is 55.5 Å². The van der Waals surface area contributed by atoms with Crippen molar-refractivity contribution in [3.63, 3.8) is 0 Å². The van der Waals surface area contributed by atoms with Gasteiger partial charge >= 0.3 is 6.01 Å². The van der Waals surface area contributed by atoms with Crippen molar-refractivity contribution >= 4 is 22.1 Å². The number of nitrogens with zero attached hydrogens (tertiary/aromatic N) is 3. The second-order valence-electron chi connectivity index (χ2n) is 12.0. The number of hydrogen-bond acceptors (Lipinski definition) is 8. The molecule has 1 N–H and O–H groups in total. The Balaban J connectivity index is 1.51. The summed E-state index contributed by atoms with van der Waals surface area (Å²) in [5.74, 6) is 0.793. The molecule has 2 aromatic heterocycles. The molecular formula is C35H62N3O5S2+. The van der Waals surface area contributed by atoms with Crippen LogP contribution in [0.4, 0.5) is 0 Å². The van der Waals surface area contributed by atoms with Crippen molar-refractivity contribution in [3.8, 4) is 6.01 Å². The Labute approximate surface area is 280 Å². The number of hydrogen-bond donors (Lipinski definition) is 1. The number of rotatable bonds is 31. The molecule has 45 heavy (non-hydrogen) atoms. The van der Waals surface area contributed by atoms with E-state index >= 15 is 0 Å². The van der Waals surface area contributed by atoms with Crippen molar-refractivity contribution in [2.24, 2.45) is 0 Å². The summed E-state index contributed by atoms with van der Waals surface area (Å²) in [5, 5.41) is 9.18. The Kier molecular flexibility index (Phi) is 24.4. The van der Waals surface area contributed by atoms with Gasteiger partial charge in [0.2, 0.25) is 5.51 Å². The number of ether oxygens (including phenoxy) is 3. The van der Waals surface area contributed by atoms with Gasteiger partial charge in [0.15, 0.2) is 12.2 Å². The first kappa shape index (κ1) is 39.7. The Hall–Kier alpha value is -1.46. The molecule has 2 rings (SSSR count). The minimum Gasteiger partial charge on any atom is -0.457 e. The summed E-state index contributed by atoms with van der Waals surface area (Å²) in [6.45, 7) is 7.28. The molecule has 0 radical (unpaired) electrons. The highest BCUT2D eigenvalue weighted by atomic mass is 32.2. The highest BCUT2D eigenvalue weighted by Crippen LogP contribution is 2.14. The number of aliphatic hydroxyl groups excluding tert-OH is 1. The summed E-state index contributed by atoms with van der Waals surface area (Å²) < 4.78 is 32.6. The fourth-order valence-electron chi connectivity index (χ4n) is 5.30. The van der Waals surface area contributed by atoms with E-state index in [4.69, 9.17) is 14.2 Å². The Morgan fingerprint density at radius 2 is 1.44 bits per heavy atom. The lowest BCUT2D eigenvalue weighted by Crippen LogP contribution is -2.37. The van der Waals surface area contributed by atoms with Crippen molar-refractivity contribution < 1.29 is 28.1 Å². The molecule has 8 nitrogen and oxygen atoms in total. The molecule has 0 saturated heterocycles. The summed E-state index contributed by atoms with van der Waals surface area (Å²) in [4.78, 5) is 9.53. The maximum atomic E-state index is 12.8. The molecule has 2 aromatic rings. The van der Waals surface area contributed by atoms with Gasteiger partial charge in [-0.15, -0.1) is 0 Å². The molecule has 2 unspecified atom stereocenters. The largest absolute Gasteiger partial charge is 0.457 e. The van der Waals surface area contributed by atoms with Crippen molar-refractivity contribution in [1.82, 2.24) is 9.97 Å². The molecule has 2 heterocycles. The van der Waals surface area contributed by atoms with Crippen molar-refractivity contribution in [1.29, 1.82) is 0 Å². The monoisotopic (exact) mass is 668 g/mol. The van der Waals surface area contributed by atoms with Crippen LogP contribution in [-0.4, -0.2) is 69.9 Å². The molecular weight excluding hydrogens is 607 g/mol. The second-order valence-corrected chi connectivity index (χ2v) is 14.5. The molecule has 0 spiro atoms. The first-order valence-corrected chi connectivity index (χ1v) is 20.0. The van der Waals surface area contributed by atoms with Gasteiger partial charge in [-0.05, 0) is 12.5 Å². The molecule has 2 atom stereocenters. The van der Waals surface area contributed by atoms with Crippen LogP contribution in [-0.2, 0) is 33.2 Å². The lowest BCUT2D eigenvalue weighted by Gasteiger charge is -2.17. The highest BCUT2D eigenvalue weighted by Gasteiger charge is 2.18. The van der Waals surface area contributed by atoms with Crippen molar-refractivity contribution in [2.75, 3.05) is 44.5 Å². The normalized spacial score (nSPS) is 12.9. The van der Waals surface area contributed by atoms with E-state index in [1.54, 1.807) is 29.8 Å². The van der Waals surface area contributed by atoms with Crippen LogP contribution in [0.1, 0.15) is 120 Å². The van der Waals surface area contributed by atoms with E-state index in [0.717, 1.165) is 13.0 Å². The summed E-state index contributed by atoms with van der Waals surface area (Å²) in [7, 11) is -1.11. The Bertz CT molecular complexity index is 979. The molecule has 0 bridgehead atoms. The maximum Gasteiger partial charge on any atom is 0.316 e. The van der Waals surface area contributed by atoms with E-state index in [2.05, 4.69) is 33.9 Å². The van der Waals surface area contributed by atoms with E-state index in [1.807, 2.05) is 0 Å². The third-order valence-corrected chi connectivity index (χ3v) is 10.6. The minimum atomic E-state index is -1.11. The first-order valence-electron chi connectivity index (χ1n) is 17.7. The van der Waals surface area contributed by atoms with E-state index in [9.17, 15) is 9.32 Å². The van der Waals surface area contributed by atoms with Gasteiger partial charge in [0.1, 0.15) is 12.7 Å². The summed E-state index contributed by atoms with van der Waals surface area (Å²) in [5.41, 5.74) is 3.24. The van der Waals surface area contributed by atoms with Crippen LogP contribution in [0.2, 0.25) is 0 Å². The van der Waals surface area contributed by atoms with E-state index in [-0.39, 0.29) is 18.7 Å². The third kappa shape index (κ3) is 20.4. The predicted molar refractivity (Wildman–Crippen MR) is 186 cm³/mol. The summed E-state index contributed by atoms with van der Waals surface area (Å²) >= 11 is 1.66. The van der Waals surface area contributed by atoms with Crippen LogP contribution in [0.25, 0.3) is 0 Å². The number of aliphatic hydroxyl groups is 1.